The highest BCUT2D eigenvalue weighted by Gasteiger charge is 2.28. The zero-order valence-electron chi connectivity index (χ0n) is 13.2. The first-order chi connectivity index (χ1) is 11.4. The summed E-state index contributed by atoms with van der Waals surface area (Å²) in [6, 6.07) is 10.5. The smallest absolute Gasteiger partial charge is 0.243 e. The van der Waals surface area contributed by atoms with E-state index in [4.69, 9.17) is 0 Å². The van der Waals surface area contributed by atoms with Gasteiger partial charge in [0.25, 0.3) is 0 Å². The molecule has 0 aromatic heterocycles. The second-order valence-corrected chi connectivity index (χ2v) is 7.74. The molecule has 0 saturated carbocycles. The van der Waals surface area contributed by atoms with Gasteiger partial charge in [0, 0.05) is 37.9 Å². The maximum Gasteiger partial charge on any atom is 0.243 e. The van der Waals surface area contributed by atoms with Crippen molar-refractivity contribution in [3.05, 3.63) is 59.7 Å². The zero-order chi connectivity index (χ0) is 17.3. The average Bonchev–Trinajstić information content (AvgIpc) is 2.58. The Morgan fingerprint density at radius 3 is 2.08 bits per heavy atom. The van der Waals surface area contributed by atoms with Crippen LogP contribution in [-0.2, 0) is 10.0 Å². The number of piperazine rings is 1. The van der Waals surface area contributed by atoms with Gasteiger partial charge < -0.3 is 4.90 Å². The van der Waals surface area contributed by atoms with Gasteiger partial charge >= 0.3 is 0 Å². The van der Waals surface area contributed by atoms with E-state index < -0.39 is 21.7 Å². The van der Waals surface area contributed by atoms with Gasteiger partial charge in [-0.15, -0.1) is 0 Å². The van der Waals surface area contributed by atoms with Crippen LogP contribution in [0.5, 0.6) is 0 Å². The summed E-state index contributed by atoms with van der Waals surface area (Å²) in [6.45, 7) is 3.35. The Hall–Kier alpha value is -1.99. The lowest BCUT2D eigenvalue weighted by Crippen LogP contribution is -2.48. The molecule has 0 atom stereocenters. The zero-order valence-corrected chi connectivity index (χ0v) is 14.1. The SMILES string of the molecule is Cc1ccc(S(=O)(=O)N2CCN(c3ccc(F)c(F)c3)CC2)cc1. The molecule has 1 aliphatic heterocycles. The third-order valence-electron chi connectivity index (χ3n) is 4.17. The maximum absolute atomic E-state index is 13.3. The standard InChI is InChI=1S/C17H18F2N2O2S/c1-13-2-5-15(6-3-13)24(22,23)21-10-8-20(9-11-21)14-4-7-16(18)17(19)12-14/h2-7,12H,8-11H2,1H3. The van der Waals surface area contributed by atoms with Crippen LogP contribution in [0.3, 0.4) is 0 Å². The van der Waals surface area contributed by atoms with Crippen molar-refractivity contribution in [3.63, 3.8) is 0 Å². The highest BCUT2D eigenvalue weighted by atomic mass is 32.2. The molecule has 1 saturated heterocycles. The summed E-state index contributed by atoms with van der Waals surface area (Å²) >= 11 is 0. The fraction of sp³-hybridized carbons (Fsp3) is 0.294. The maximum atomic E-state index is 13.3. The third-order valence-corrected chi connectivity index (χ3v) is 6.08. The van der Waals surface area contributed by atoms with Gasteiger partial charge in [0.1, 0.15) is 0 Å². The molecule has 0 radical (unpaired) electrons. The summed E-state index contributed by atoms with van der Waals surface area (Å²) in [5.41, 5.74) is 1.55. The number of hydrogen-bond acceptors (Lipinski definition) is 3. The molecule has 1 heterocycles. The molecule has 24 heavy (non-hydrogen) atoms. The third kappa shape index (κ3) is 3.27. The van der Waals surface area contributed by atoms with E-state index in [1.165, 1.54) is 10.4 Å². The Balaban J connectivity index is 1.72. The Bertz CT molecular complexity index is 830. The minimum absolute atomic E-state index is 0.273. The molecule has 1 aliphatic rings. The molecular formula is C17H18F2N2O2S. The van der Waals surface area contributed by atoms with Gasteiger partial charge in [0.15, 0.2) is 11.6 Å². The molecule has 7 heteroatoms. The van der Waals surface area contributed by atoms with E-state index in [2.05, 4.69) is 0 Å². The lowest BCUT2D eigenvalue weighted by atomic mass is 10.2. The normalized spacial score (nSPS) is 16.4. The van der Waals surface area contributed by atoms with E-state index in [0.29, 0.717) is 31.9 Å². The molecule has 0 amide bonds. The van der Waals surface area contributed by atoms with E-state index in [9.17, 15) is 17.2 Å². The van der Waals surface area contributed by atoms with Gasteiger partial charge in [-0.3, -0.25) is 0 Å². The summed E-state index contributed by atoms with van der Waals surface area (Å²) in [7, 11) is -3.53. The Labute approximate surface area is 140 Å². The number of sulfonamides is 1. The molecule has 1 fully saturated rings. The molecule has 4 nitrogen and oxygen atoms in total. The van der Waals surface area contributed by atoms with E-state index in [0.717, 1.165) is 17.7 Å². The van der Waals surface area contributed by atoms with Gasteiger partial charge in [-0.1, -0.05) is 17.7 Å². The quantitative estimate of drug-likeness (QED) is 0.853. The molecule has 0 spiro atoms. The number of hydrogen-bond donors (Lipinski definition) is 0. The molecular weight excluding hydrogens is 334 g/mol. The second-order valence-electron chi connectivity index (χ2n) is 5.80. The van der Waals surface area contributed by atoms with Crippen LogP contribution < -0.4 is 4.90 Å². The van der Waals surface area contributed by atoms with Gasteiger partial charge in [0.05, 0.1) is 4.90 Å². The lowest BCUT2D eigenvalue weighted by molar-refractivity contribution is 0.384. The van der Waals surface area contributed by atoms with Crippen molar-refractivity contribution in [1.29, 1.82) is 0 Å². The predicted molar refractivity (Wildman–Crippen MR) is 88.5 cm³/mol. The van der Waals surface area contributed by atoms with Crippen molar-refractivity contribution < 1.29 is 17.2 Å². The van der Waals surface area contributed by atoms with Crippen LogP contribution in [0.25, 0.3) is 0 Å². The van der Waals surface area contributed by atoms with Crippen molar-refractivity contribution in [2.75, 3.05) is 31.1 Å². The topological polar surface area (TPSA) is 40.6 Å². The van der Waals surface area contributed by atoms with Crippen LogP contribution in [0.4, 0.5) is 14.5 Å². The van der Waals surface area contributed by atoms with Crippen molar-refractivity contribution in [3.8, 4) is 0 Å². The van der Waals surface area contributed by atoms with Crippen LogP contribution in [-0.4, -0.2) is 38.9 Å². The van der Waals surface area contributed by atoms with E-state index in [1.54, 1.807) is 24.3 Å². The number of aryl methyl sites for hydroxylation is 1. The van der Waals surface area contributed by atoms with Gasteiger partial charge in [-0.05, 0) is 31.2 Å². The number of halogens is 2. The number of anilines is 1. The molecule has 2 aromatic rings. The van der Waals surface area contributed by atoms with E-state index >= 15 is 0 Å². The predicted octanol–water partition coefficient (Wildman–Crippen LogP) is 2.78. The second kappa shape index (κ2) is 6.49. The Morgan fingerprint density at radius 1 is 0.875 bits per heavy atom. The molecule has 0 N–H and O–H groups in total. The Morgan fingerprint density at radius 2 is 1.50 bits per heavy atom. The minimum Gasteiger partial charge on any atom is -0.369 e. The summed E-state index contributed by atoms with van der Waals surface area (Å²) in [4.78, 5) is 2.12. The van der Waals surface area contributed by atoms with Crippen LogP contribution >= 0.6 is 0 Å². The van der Waals surface area contributed by atoms with Gasteiger partial charge in [-0.25, -0.2) is 17.2 Å². The average molecular weight is 352 g/mol. The first kappa shape index (κ1) is 16.9. The highest BCUT2D eigenvalue weighted by molar-refractivity contribution is 7.89. The highest BCUT2D eigenvalue weighted by Crippen LogP contribution is 2.22. The molecule has 2 aromatic carbocycles. The molecule has 0 aliphatic carbocycles. The summed E-state index contributed by atoms with van der Waals surface area (Å²) < 4.78 is 53.1. The molecule has 0 unspecified atom stereocenters. The first-order valence-electron chi connectivity index (χ1n) is 7.65. The monoisotopic (exact) mass is 352 g/mol. The number of nitrogens with zero attached hydrogens (tertiary/aromatic N) is 2. The van der Waals surface area contributed by atoms with Crippen molar-refractivity contribution in [2.45, 2.75) is 11.8 Å². The van der Waals surface area contributed by atoms with Crippen molar-refractivity contribution in [2.24, 2.45) is 0 Å². The lowest BCUT2D eigenvalue weighted by Gasteiger charge is -2.35. The van der Waals surface area contributed by atoms with Crippen molar-refractivity contribution in [1.82, 2.24) is 4.31 Å². The molecule has 0 bridgehead atoms. The van der Waals surface area contributed by atoms with Crippen LogP contribution in [0.2, 0.25) is 0 Å². The fourth-order valence-corrected chi connectivity index (χ4v) is 4.15. The van der Waals surface area contributed by atoms with E-state index in [-0.39, 0.29) is 4.90 Å². The largest absolute Gasteiger partial charge is 0.369 e. The Kier molecular flexibility index (Phi) is 4.56. The van der Waals surface area contributed by atoms with Crippen LogP contribution in [0.15, 0.2) is 47.4 Å². The van der Waals surface area contributed by atoms with Crippen LogP contribution in [0, 0.1) is 18.6 Å². The number of rotatable bonds is 3. The molecule has 128 valence electrons. The molecule has 3 rings (SSSR count). The van der Waals surface area contributed by atoms with Crippen molar-refractivity contribution >= 4 is 15.7 Å². The first-order valence-corrected chi connectivity index (χ1v) is 9.09. The summed E-state index contributed by atoms with van der Waals surface area (Å²) in [5.74, 6) is -1.79. The fourth-order valence-electron chi connectivity index (χ4n) is 2.73. The van der Waals surface area contributed by atoms with E-state index in [1.807, 2.05) is 11.8 Å². The number of benzene rings is 2. The van der Waals surface area contributed by atoms with Crippen LogP contribution in [0.1, 0.15) is 5.56 Å². The van der Waals surface area contributed by atoms with Gasteiger partial charge in [-0.2, -0.15) is 4.31 Å². The van der Waals surface area contributed by atoms with Gasteiger partial charge in [0.2, 0.25) is 10.0 Å². The summed E-state index contributed by atoms with van der Waals surface area (Å²) in [6.07, 6.45) is 0. The summed E-state index contributed by atoms with van der Waals surface area (Å²) in [5, 5.41) is 0. The minimum atomic E-state index is -3.53.